The van der Waals surface area contributed by atoms with Crippen LogP contribution in [0.2, 0.25) is 0 Å². The summed E-state index contributed by atoms with van der Waals surface area (Å²) in [6, 6.07) is 17.0. The van der Waals surface area contributed by atoms with E-state index in [0.717, 1.165) is 27.7 Å². The lowest BCUT2D eigenvalue weighted by atomic mass is 9.92. The van der Waals surface area contributed by atoms with E-state index in [9.17, 15) is 5.11 Å². The molecule has 0 unspecified atom stereocenters. The molecule has 142 valence electrons. The van der Waals surface area contributed by atoms with E-state index in [0.29, 0.717) is 30.1 Å². The number of ether oxygens (including phenoxy) is 1. The molecule has 2 aromatic carbocycles. The van der Waals surface area contributed by atoms with Crippen LogP contribution in [0.3, 0.4) is 0 Å². The van der Waals surface area contributed by atoms with Crippen LogP contribution in [0.1, 0.15) is 35.7 Å². The molecule has 1 atom stereocenters. The highest BCUT2D eigenvalue weighted by Gasteiger charge is 2.17. The second-order valence-electron chi connectivity index (χ2n) is 6.79. The molecule has 0 saturated heterocycles. The maximum atomic E-state index is 9.56. The number of nitrogens with zero attached hydrogens (tertiary/aromatic N) is 2. The maximum Gasteiger partial charge on any atom is 0.122 e. The number of aromatic nitrogens is 1. The van der Waals surface area contributed by atoms with Gasteiger partial charge in [0.15, 0.2) is 0 Å². The number of fused-ring (bicyclic) bond motifs is 1. The fourth-order valence-electron chi connectivity index (χ4n) is 3.14. The number of aryl methyl sites for hydroxylation is 1. The van der Waals surface area contributed by atoms with Gasteiger partial charge >= 0.3 is 0 Å². The number of aliphatic hydroxyl groups is 1. The van der Waals surface area contributed by atoms with Crippen molar-refractivity contribution in [1.82, 2.24) is 4.98 Å². The lowest BCUT2D eigenvalue weighted by Crippen LogP contribution is -2.18. The molecule has 2 N–H and O–H groups in total. The average molecular weight is 373 g/mol. The Hall–Kier alpha value is -3.23. The summed E-state index contributed by atoms with van der Waals surface area (Å²) >= 11 is 0. The molecule has 3 aromatic rings. The van der Waals surface area contributed by atoms with Gasteiger partial charge in [-0.3, -0.25) is 4.98 Å². The third-order valence-corrected chi connectivity index (χ3v) is 4.81. The molecular formula is C23H23N3O2. The zero-order valence-corrected chi connectivity index (χ0v) is 16.1. The second-order valence-corrected chi connectivity index (χ2v) is 6.79. The minimum absolute atomic E-state index is 0.0377. The number of hydrogen-bond acceptors (Lipinski definition) is 5. The smallest absolute Gasteiger partial charge is 0.122 e. The van der Waals surface area contributed by atoms with Crippen LogP contribution in [0.5, 0.6) is 5.75 Å². The molecule has 0 aliphatic carbocycles. The highest BCUT2D eigenvalue weighted by Crippen LogP contribution is 2.26. The maximum absolute atomic E-state index is 9.56. The van der Waals surface area contributed by atoms with E-state index in [1.165, 1.54) is 0 Å². The van der Waals surface area contributed by atoms with Crippen molar-refractivity contribution in [3.05, 3.63) is 70.9 Å². The van der Waals surface area contributed by atoms with Gasteiger partial charge in [0.05, 0.1) is 23.8 Å². The van der Waals surface area contributed by atoms with Crippen LogP contribution in [0, 0.1) is 29.6 Å². The molecule has 5 nitrogen and oxygen atoms in total. The molecule has 0 spiro atoms. The first kappa shape index (κ1) is 19.5. The topological polar surface area (TPSA) is 90.0 Å². The van der Waals surface area contributed by atoms with Gasteiger partial charge in [-0.05, 0) is 49.2 Å². The van der Waals surface area contributed by atoms with Gasteiger partial charge in [0.1, 0.15) is 12.4 Å². The van der Waals surface area contributed by atoms with Gasteiger partial charge < -0.3 is 15.3 Å². The summed E-state index contributed by atoms with van der Waals surface area (Å²) in [4.78, 5) is 4.59. The molecule has 0 amide bonds. The minimum atomic E-state index is -0.183. The number of rotatable bonds is 7. The van der Waals surface area contributed by atoms with E-state index in [-0.39, 0.29) is 12.5 Å². The van der Waals surface area contributed by atoms with Gasteiger partial charge in [-0.2, -0.15) is 5.26 Å². The Kier molecular flexibility index (Phi) is 6.03. The molecule has 28 heavy (non-hydrogen) atoms. The molecule has 0 fully saturated rings. The normalized spacial score (nSPS) is 11.8. The lowest BCUT2D eigenvalue weighted by molar-refractivity contribution is 0.258. The molecule has 0 bridgehead atoms. The standard InChI is InChI=1S/C23H23N3O2/c1-3-18(13-27)23(25)21-10-15(2)26-22-11-19(8-9-20(21)22)28-14-17-6-4-16(12-24)5-7-17/h4-11,18,25,27H,3,13-14H2,1-2H3/t18-/m0/s1. The van der Waals surface area contributed by atoms with Crippen molar-refractivity contribution in [3.8, 4) is 11.8 Å². The zero-order chi connectivity index (χ0) is 20.1. The van der Waals surface area contributed by atoms with Crippen LogP contribution < -0.4 is 4.74 Å². The van der Waals surface area contributed by atoms with E-state index < -0.39 is 0 Å². The third-order valence-electron chi connectivity index (χ3n) is 4.81. The summed E-state index contributed by atoms with van der Waals surface area (Å²) in [7, 11) is 0. The van der Waals surface area contributed by atoms with Crippen molar-refractivity contribution in [2.75, 3.05) is 6.61 Å². The minimum Gasteiger partial charge on any atom is -0.489 e. The number of benzene rings is 2. The highest BCUT2D eigenvalue weighted by molar-refractivity contribution is 6.10. The molecule has 3 rings (SSSR count). The molecule has 0 aliphatic rings. The summed E-state index contributed by atoms with van der Waals surface area (Å²) in [5.41, 5.74) is 4.44. The van der Waals surface area contributed by atoms with Gasteiger partial charge in [-0.15, -0.1) is 0 Å². The highest BCUT2D eigenvalue weighted by atomic mass is 16.5. The van der Waals surface area contributed by atoms with E-state index in [2.05, 4.69) is 11.1 Å². The molecule has 1 heterocycles. The average Bonchev–Trinajstić information content (AvgIpc) is 2.72. The predicted molar refractivity (Wildman–Crippen MR) is 110 cm³/mol. The monoisotopic (exact) mass is 373 g/mol. The van der Waals surface area contributed by atoms with E-state index in [1.807, 2.05) is 50.2 Å². The number of nitrogens with one attached hydrogen (secondary N) is 1. The summed E-state index contributed by atoms with van der Waals surface area (Å²) in [5, 5.41) is 27.8. The number of pyridine rings is 1. The van der Waals surface area contributed by atoms with Crippen LogP contribution in [0.15, 0.2) is 48.5 Å². The SMILES string of the molecule is CC[C@@H](CO)C(=N)c1cc(C)nc2cc(OCc3ccc(C#N)cc3)ccc12. The molecule has 0 aliphatic heterocycles. The van der Waals surface area contributed by atoms with E-state index in [4.69, 9.17) is 15.4 Å². The summed E-state index contributed by atoms with van der Waals surface area (Å²) in [5.74, 6) is 0.513. The number of hydrogen-bond donors (Lipinski definition) is 2. The van der Waals surface area contributed by atoms with Crippen LogP contribution in [-0.4, -0.2) is 22.4 Å². The van der Waals surface area contributed by atoms with Crippen molar-refractivity contribution in [2.45, 2.75) is 26.9 Å². The van der Waals surface area contributed by atoms with Crippen LogP contribution in [-0.2, 0) is 6.61 Å². The Morgan fingerprint density at radius 3 is 2.61 bits per heavy atom. The molecule has 1 aromatic heterocycles. The Labute approximate surface area is 164 Å². The Morgan fingerprint density at radius 2 is 1.96 bits per heavy atom. The Morgan fingerprint density at radius 1 is 1.21 bits per heavy atom. The third kappa shape index (κ3) is 4.19. The summed E-state index contributed by atoms with van der Waals surface area (Å²) in [6.07, 6.45) is 0.712. The van der Waals surface area contributed by atoms with Crippen molar-refractivity contribution in [3.63, 3.8) is 0 Å². The first-order valence-corrected chi connectivity index (χ1v) is 9.28. The van der Waals surface area contributed by atoms with Gasteiger partial charge in [0.2, 0.25) is 0 Å². The van der Waals surface area contributed by atoms with Crippen molar-refractivity contribution in [2.24, 2.45) is 5.92 Å². The summed E-state index contributed by atoms with van der Waals surface area (Å²) < 4.78 is 5.89. The molecule has 0 saturated carbocycles. The zero-order valence-electron chi connectivity index (χ0n) is 16.1. The van der Waals surface area contributed by atoms with E-state index in [1.54, 1.807) is 12.1 Å². The first-order chi connectivity index (χ1) is 13.5. The molecule has 5 heteroatoms. The van der Waals surface area contributed by atoms with Crippen LogP contribution in [0.4, 0.5) is 0 Å². The van der Waals surface area contributed by atoms with Crippen molar-refractivity contribution in [1.29, 1.82) is 10.7 Å². The largest absolute Gasteiger partial charge is 0.489 e. The number of aliphatic hydroxyl groups excluding tert-OH is 1. The Bertz CT molecular complexity index is 1030. The molecular weight excluding hydrogens is 350 g/mol. The van der Waals surface area contributed by atoms with Crippen LogP contribution >= 0.6 is 0 Å². The number of nitriles is 1. The fraction of sp³-hybridized carbons (Fsp3) is 0.261. The van der Waals surface area contributed by atoms with Gasteiger partial charge in [-0.1, -0.05) is 19.1 Å². The predicted octanol–water partition coefficient (Wildman–Crippen LogP) is 4.38. The first-order valence-electron chi connectivity index (χ1n) is 9.28. The van der Waals surface area contributed by atoms with E-state index >= 15 is 0 Å². The second kappa shape index (κ2) is 8.64. The fourth-order valence-corrected chi connectivity index (χ4v) is 3.14. The van der Waals surface area contributed by atoms with Gasteiger partial charge in [0, 0.05) is 34.3 Å². The van der Waals surface area contributed by atoms with Crippen LogP contribution in [0.25, 0.3) is 10.9 Å². The molecule has 0 radical (unpaired) electrons. The Balaban J connectivity index is 1.87. The summed E-state index contributed by atoms with van der Waals surface area (Å²) in [6.45, 7) is 4.24. The van der Waals surface area contributed by atoms with Crippen molar-refractivity contribution < 1.29 is 9.84 Å². The quantitative estimate of drug-likeness (QED) is 0.601. The van der Waals surface area contributed by atoms with Gasteiger partial charge in [0.25, 0.3) is 0 Å². The lowest BCUT2D eigenvalue weighted by Gasteiger charge is -2.16. The van der Waals surface area contributed by atoms with Gasteiger partial charge in [-0.25, -0.2) is 0 Å². The van der Waals surface area contributed by atoms with Crippen molar-refractivity contribution >= 4 is 16.6 Å².